The Kier molecular flexibility index (Phi) is 6.33. The van der Waals surface area contributed by atoms with E-state index in [0.717, 1.165) is 16.0 Å². The van der Waals surface area contributed by atoms with E-state index in [1.165, 1.54) is 0 Å². The number of amides is 4. The maximum Gasteiger partial charge on any atom is 0.325 e. The second-order valence-corrected chi connectivity index (χ2v) is 9.03. The Balaban J connectivity index is 1.22. The van der Waals surface area contributed by atoms with E-state index >= 15 is 0 Å². The molecule has 0 radical (unpaired) electrons. The Morgan fingerprint density at radius 1 is 0.972 bits per heavy atom. The third kappa shape index (κ3) is 4.49. The number of carbonyl (C=O) groups is 3. The summed E-state index contributed by atoms with van der Waals surface area (Å²) in [6, 6.07) is 24.7. The molecule has 184 valence electrons. The van der Waals surface area contributed by atoms with Gasteiger partial charge in [-0.3, -0.25) is 14.5 Å². The molecule has 2 aliphatic heterocycles. The number of ether oxygens (including phenoxy) is 2. The predicted molar refractivity (Wildman–Crippen MR) is 133 cm³/mol. The van der Waals surface area contributed by atoms with Gasteiger partial charge in [-0.15, -0.1) is 0 Å². The van der Waals surface area contributed by atoms with E-state index in [-0.39, 0.29) is 19.3 Å². The van der Waals surface area contributed by atoms with Crippen LogP contribution in [0.15, 0.2) is 78.9 Å². The second-order valence-electron chi connectivity index (χ2n) is 9.03. The van der Waals surface area contributed by atoms with Crippen LogP contribution >= 0.6 is 0 Å². The normalized spacial score (nSPS) is 18.4. The average molecular weight is 486 g/mol. The summed E-state index contributed by atoms with van der Waals surface area (Å²) in [5.74, 6) is 0.318. The quantitative estimate of drug-likeness (QED) is 0.476. The van der Waals surface area contributed by atoms with Crippen molar-refractivity contribution in [3.8, 4) is 11.5 Å². The Bertz CT molecular complexity index is 1240. The first-order valence-electron chi connectivity index (χ1n) is 11.9. The number of fused-ring (bicyclic) bond motifs is 1. The molecule has 8 nitrogen and oxygen atoms in total. The molecule has 2 heterocycles. The number of urea groups is 1. The monoisotopic (exact) mass is 485 g/mol. The van der Waals surface area contributed by atoms with Gasteiger partial charge < -0.3 is 20.1 Å². The van der Waals surface area contributed by atoms with Crippen LogP contribution in [0.2, 0.25) is 0 Å². The molecule has 2 aliphatic rings. The van der Waals surface area contributed by atoms with E-state index < -0.39 is 23.4 Å². The summed E-state index contributed by atoms with van der Waals surface area (Å²) in [6.07, 6.45) is 0.675. The highest BCUT2D eigenvalue weighted by atomic mass is 16.7. The zero-order chi connectivity index (χ0) is 25.1. The van der Waals surface area contributed by atoms with Crippen LogP contribution in [0.3, 0.4) is 0 Å². The topological polar surface area (TPSA) is 97.0 Å². The Morgan fingerprint density at radius 2 is 1.61 bits per heavy atom. The molecule has 0 aliphatic carbocycles. The van der Waals surface area contributed by atoms with E-state index in [1.54, 1.807) is 25.1 Å². The smallest absolute Gasteiger partial charge is 0.325 e. The van der Waals surface area contributed by atoms with Crippen LogP contribution in [-0.4, -0.2) is 42.6 Å². The van der Waals surface area contributed by atoms with Crippen LogP contribution in [0.5, 0.6) is 11.5 Å². The van der Waals surface area contributed by atoms with Crippen molar-refractivity contribution in [3.63, 3.8) is 0 Å². The number of hydrogen-bond donors (Lipinski definition) is 2. The summed E-state index contributed by atoms with van der Waals surface area (Å²) in [7, 11) is 0. The third-order valence-corrected chi connectivity index (χ3v) is 6.69. The molecule has 8 heteroatoms. The molecule has 3 aromatic carbocycles. The summed E-state index contributed by atoms with van der Waals surface area (Å²) in [5, 5.41) is 5.59. The van der Waals surface area contributed by atoms with Gasteiger partial charge in [0.2, 0.25) is 12.7 Å². The highest BCUT2D eigenvalue weighted by Crippen LogP contribution is 2.37. The highest BCUT2D eigenvalue weighted by Gasteiger charge is 2.49. The number of nitrogens with one attached hydrogen (secondary N) is 2. The van der Waals surface area contributed by atoms with Crippen molar-refractivity contribution in [3.05, 3.63) is 95.6 Å². The lowest BCUT2D eigenvalue weighted by Gasteiger charge is -2.22. The van der Waals surface area contributed by atoms with Crippen molar-refractivity contribution in [1.29, 1.82) is 0 Å². The number of benzene rings is 3. The zero-order valence-corrected chi connectivity index (χ0v) is 19.9. The van der Waals surface area contributed by atoms with Crippen LogP contribution in [0.4, 0.5) is 4.79 Å². The number of nitrogens with zero attached hydrogens (tertiary/aromatic N) is 1. The third-order valence-electron chi connectivity index (χ3n) is 6.69. The number of rotatable bonds is 8. The predicted octanol–water partition coefficient (Wildman–Crippen LogP) is 3.52. The van der Waals surface area contributed by atoms with Gasteiger partial charge in [-0.25, -0.2) is 4.79 Å². The number of carbonyl (C=O) groups excluding carboxylic acids is 3. The van der Waals surface area contributed by atoms with E-state index in [0.29, 0.717) is 30.0 Å². The van der Waals surface area contributed by atoms with Crippen molar-refractivity contribution in [2.45, 2.75) is 24.8 Å². The van der Waals surface area contributed by atoms with Crippen molar-refractivity contribution in [1.82, 2.24) is 15.5 Å². The van der Waals surface area contributed by atoms with Crippen molar-refractivity contribution in [2.24, 2.45) is 0 Å². The summed E-state index contributed by atoms with van der Waals surface area (Å²) < 4.78 is 10.7. The van der Waals surface area contributed by atoms with E-state index in [1.807, 2.05) is 36.4 Å². The van der Waals surface area contributed by atoms with Gasteiger partial charge in [0.15, 0.2) is 11.5 Å². The van der Waals surface area contributed by atoms with E-state index in [9.17, 15) is 14.4 Å². The van der Waals surface area contributed by atoms with Crippen LogP contribution in [0.1, 0.15) is 36.0 Å². The van der Waals surface area contributed by atoms with E-state index in [4.69, 9.17) is 9.47 Å². The van der Waals surface area contributed by atoms with Crippen LogP contribution < -0.4 is 20.1 Å². The van der Waals surface area contributed by atoms with Gasteiger partial charge in [-0.2, -0.15) is 0 Å². The summed E-state index contributed by atoms with van der Waals surface area (Å²) in [4.78, 5) is 39.5. The van der Waals surface area contributed by atoms with Crippen molar-refractivity contribution in [2.75, 3.05) is 19.9 Å². The van der Waals surface area contributed by atoms with Crippen LogP contribution in [-0.2, 0) is 15.1 Å². The SMILES string of the molecule is CC1(c2ccc3c(c2)OCO3)NC(=O)N(CC(=O)NCCC(c2ccccc2)c2ccccc2)C1=O. The van der Waals surface area contributed by atoms with Gasteiger partial charge in [-0.1, -0.05) is 66.7 Å². The molecule has 0 bridgehead atoms. The molecular weight excluding hydrogens is 458 g/mol. The molecule has 4 amide bonds. The molecular formula is C28H27N3O5. The minimum Gasteiger partial charge on any atom is -0.454 e. The highest BCUT2D eigenvalue weighted by molar-refractivity contribution is 6.09. The maximum atomic E-state index is 13.2. The van der Waals surface area contributed by atoms with Gasteiger partial charge in [0.25, 0.3) is 5.91 Å². The molecule has 3 aromatic rings. The van der Waals surface area contributed by atoms with Gasteiger partial charge in [0, 0.05) is 12.5 Å². The molecule has 0 spiro atoms. The molecule has 0 saturated carbocycles. The second kappa shape index (κ2) is 9.73. The standard InChI is InChI=1S/C28H27N3O5/c1-28(21-12-13-23-24(16-21)36-18-35-23)26(33)31(27(34)30-28)17-25(32)29-15-14-22(19-8-4-2-5-9-19)20-10-6-3-7-11-20/h2-13,16,22H,14-15,17-18H2,1H3,(H,29,32)(H,30,34). The lowest BCUT2D eigenvalue weighted by atomic mass is 9.88. The first-order chi connectivity index (χ1) is 17.5. The van der Waals surface area contributed by atoms with Crippen molar-refractivity contribution < 1.29 is 23.9 Å². The van der Waals surface area contributed by atoms with Gasteiger partial charge in [0.1, 0.15) is 12.1 Å². The molecule has 1 atom stereocenters. The fourth-order valence-corrected chi connectivity index (χ4v) is 4.70. The van der Waals surface area contributed by atoms with Gasteiger partial charge in [0.05, 0.1) is 0 Å². The fourth-order valence-electron chi connectivity index (χ4n) is 4.70. The van der Waals surface area contributed by atoms with E-state index in [2.05, 4.69) is 34.9 Å². The Labute approximate surface area is 209 Å². The average Bonchev–Trinajstić information content (AvgIpc) is 3.46. The minimum absolute atomic E-state index is 0.109. The van der Waals surface area contributed by atoms with Gasteiger partial charge >= 0.3 is 6.03 Å². The van der Waals surface area contributed by atoms with Crippen LogP contribution in [0, 0.1) is 0 Å². The minimum atomic E-state index is -1.30. The maximum absolute atomic E-state index is 13.2. The Hall–Kier alpha value is -4.33. The summed E-state index contributed by atoms with van der Waals surface area (Å²) in [5.41, 5.74) is 1.57. The number of hydrogen-bond acceptors (Lipinski definition) is 5. The first kappa shape index (κ1) is 23.4. The summed E-state index contributed by atoms with van der Waals surface area (Å²) in [6.45, 7) is 1.77. The fraction of sp³-hybridized carbons (Fsp3) is 0.250. The lowest BCUT2D eigenvalue weighted by molar-refractivity contribution is -0.134. The Morgan fingerprint density at radius 3 is 2.28 bits per heavy atom. The molecule has 5 rings (SSSR count). The van der Waals surface area contributed by atoms with Crippen molar-refractivity contribution >= 4 is 17.8 Å². The van der Waals surface area contributed by atoms with Gasteiger partial charge in [-0.05, 0) is 42.2 Å². The summed E-state index contributed by atoms with van der Waals surface area (Å²) >= 11 is 0. The molecule has 1 fully saturated rings. The zero-order valence-electron chi connectivity index (χ0n) is 19.9. The molecule has 36 heavy (non-hydrogen) atoms. The molecule has 1 saturated heterocycles. The first-order valence-corrected chi connectivity index (χ1v) is 11.9. The molecule has 0 aromatic heterocycles. The molecule has 1 unspecified atom stereocenters. The largest absolute Gasteiger partial charge is 0.454 e. The van der Waals surface area contributed by atoms with Crippen LogP contribution in [0.25, 0.3) is 0 Å². The number of imide groups is 1. The molecule has 2 N–H and O–H groups in total. The lowest BCUT2D eigenvalue weighted by Crippen LogP contribution is -2.43.